The summed E-state index contributed by atoms with van der Waals surface area (Å²) in [6.07, 6.45) is 2.11. The van der Waals surface area contributed by atoms with Gasteiger partial charge in [0.05, 0.1) is 6.54 Å². The minimum absolute atomic E-state index is 0. The Hall–Kier alpha value is -0.430. The van der Waals surface area contributed by atoms with Gasteiger partial charge in [-0.3, -0.25) is 4.99 Å². The van der Waals surface area contributed by atoms with Crippen molar-refractivity contribution in [3.8, 4) is 0 Å². The van der Waals surface area contributed by atoms with Crippen LogP contribution >= 0.6 is 35.7 Å². The highest BCUT2D eigenvalue weighted by Crippen LogP contribution is 2.03. The molecule has 0 saturated carbocycles. The third-order valence-corrected chi connectivity index (χ3v) is 3.11. The smallest absolute Gasteiger partial charge is 0.193 e. The van der Waals surface area contributed by atoms with Crippen LogP contribution in [-0.4, -0.2) is 43.0 Å². The van der Waals surface area contributed by atoms with Crippen molar-refractivity contribution >= 4 is 41.7 Å². The second-order valence-electron chi connectivity index (χ2n) is 4.07. The third-order valence-electron chi connectivity index (χ3n) is 2.52. The molecule has 0 aliphatic carbocycles. The molecule has 0 bridgehead atoms. The Labute approximate surface area is 138 Å². The lowest BCUT2D eigenvalue weighted by Crippen LogP contribution is -2.38. The summed E-state index contributed by atoms with van der Waals surface area (Å²) >= 11 is 1.82. The van der Waals surface area contributed by atoms with Gasteiger partial charge in [0.25, 0.3) is 0 Å². The summed E-state index contributed by atoms with van der Waals surface area (Å²) in [5.74, 6) is 2.05. The van der Waals surface area contributed by atoms with Crippen LogP contribution in [0, 0.1) is 0 Å². The summed E-state index contributed by atoms with van der Waals surface area (Å²) in [6.45, 7) is 4.74. The molecule has 0 aliphatic heterocycles. The Balaban J connectivity index is 0.00000324. The van der Waals surface area contributed by atoms with E-state index in [9.17, 15) is 0 Å². The largest absolute Gasteiger partial charge is 0.357 e. The van der Waals surface area contributed by atoms with E-state index in [1.54, 1.807) is 0 Å². The highest BCUT2D eigenvalue weighted by molar-refractivity contribution is 14.0. The van der Waals surface area contributed by atoms with Crippen LogP contribution < -0.4 is 5.32 Å². The number of thioether (sulfide) groups is 1. The van der Waals surface area contributed by atoms with Gasteiger partial charge in [-0.25, -0.2) is 0 Å². The molecular weight excluding hydrogens is 369 g/mol. The molecule has 3 nitrogen and oxygen atoms in total. The molecule has 1 rings (SSSR count). The zero-order valence-corrected chi connectivity index (χ0v) is 15.1. The minimum atomic E-state index is 0. The number of guanidine groups is 1. The molecule has 1 N–H and O–H groups in total. The van der Waals surface area contributed by atoms with Crippen molar-refractivity contribution < 1.29 is 0 Å². The van der Waals surface area contributed by atoms with Crippen LogP contribution in [-0.2, 0) is 6.54 Å². The van der Waals surface area contributed by atoms with Gasteiger partial charge in [-0.1, -0.05) is 30.3 Å². The third kappa shape index (κ3) is 7.67. The molecular formula is C14H24IN3S. The second kappa shape index (κ2) is 11.4. The average Bonchev–Trinajstić information content (AvgIpc) is 2.39. The van der Waals surface area contributed by atoms with E-state index in [-0.39, 0.29) is 24.0 Å². The number of benzene rings is 1. The van der Waals surface area contributed by atoms with Crippen molar-refractivity contribution in [1.29, 1.82) is 0 Å². The summed E-state index contributed by atoms with van der Waals surface area (Å²) < 4.78 is 0. The predicted molar refractivity (Wildman–Crippen MR) is 97.7 cm³/mol. The Morgan fingerprint density at radius 2 is 2.00 bits per heavy atom. The molecule has 0 atom stereocenters. The maximum atomic E-state index is 4.61. The van der Waals surface area contributed by atoms with E-state index in [2.05, 4.69) is 59.7 Å². The first kappa shape index (κ1) is 18.6. The molecule has 0 amide bonds. The van der Waals surface area contributed by atoms with Crippen LogP contribution in [0.4, 0.5) is 0 Å². The number of nitrogens with one attached hydrogen (secondary N) is 1. The quantitative estimate of drug-likeness (QED) is 0.349. The summed E-state index contributed by atoms with van der Waals surface area (Å²) in [7, 11) is 2.08. The molecule has 0 fully saturated rings. The van der Waals surface area contributed by atoms with Gasteiger partial charge >= 0.3 is 0 Å². The lowest BCUT2D eigenvalue weighted by molar-refractivity contribution is 0.477. The van der Waals surface area contributed by atoms with E-state index in [4.69, 9.17) is 0 Å². The van der Waals surface area contributed by atoms with E-state index in [1.807, 2.05) is 17.8 Å². The lowest BCUT2D eigenvalue weighted by atomic mass is 10.2. The Bertz CT molecular complexity index is 357. The van der Waals surface area contributed by atoms with Crippen molar-refractivity contribution in [3.63, 3.8) is 0 Å². The molecule has 0 spiro atoms. The molecule has 1 aromatic rings. The Morgan fingerprint density at radius 3 is 2.58 bits per heavy atom. The molecule has 19 heavy (non-hydrogen) atoms. The first-order chi connectivity index (χ1) is 8.77. The fourth-order valence-corrected chi connectivity index (χ4v) is 1.92. The standard InChI is InChI=1S/C14H23N3S.HI/c1-4-15-14(16-10-11-18-3)17(2)12-13-8-6-5-7-9-13;/h5-9H,4,10-12H2,1-3H3,(H,15,16);1H. The fourth-order valence-electron chi connectivity index (χ4n) is 1.64. The molecule has 1 aromatic carbocycles. The zero-order valence-electron chi connectivity index (χ0n) is 11.9. The normalized spacial score (nSPS) is 10.8. The molecule has 108 valence electrons. The summed E-state index contributed by atoms with van der Waals surface area (Å²) in [5.41, 5.74) is 1.30. The van der Waals surface area contributed by atoms with Crippen molar-refractivity contribution in [2.75, 3.05) is 32.1 Å². The van der Waals surface area contributed by atoms with E-state index in [0.717, 1.165) is 31.3 Å². The topological polar surface area (TPSA) is 27.6 Å². The summed E-state index contributed by atoms with van der Waals surface area (Å²) in [4.78, 5) is 6.78. The van der Waals surface area contributed by atoms with Crippen molar-refractivity contribution in [2.24, 2.45) is 4.99 Å². The predicted octanol–water partition coefficient (Wildman–Crippen LogP) is 3.06. The molecule has 0 aromatic heterocycles. The van der Waals surface area contributed by atoms with E-state index >= 15 is 0 Å². The van der Waals surface area contributed by atoms with Crippen molar-refractivity contribution in [3.05, 3.63) is 35.9 Å². The maximum absolute atomic E-state index is 4.61. The zero-order chi connectivity index (χ0) is 13.2. The van der Waals surface area contributed by atoms with Crippen LogP contribution in [0.25, 0.3) is 0 Å². The highest BCUT2D eigenvalue weighted by Gasteiger charge is 2.05. The molecule has 0 heterocycles. The number of halogens is 1. The van der Waals surface area contributed by atoms with Gasteiger partial charge in [0.15, 0.2) is 5.96 Å². The van der Waals surface area contributed by atoms with Gasteiger partial charge in [-0.05, 0) is 18.7 Å². The SMILES string of the molecule is CCNC(=NCCSC)N(C)Cc1ccccc1.I. The van der Waals surface area contributed by atoms with Crippen molar-refractivity contribution in [1.82, 2.24) is 10.2 Å². The van der Waals surface area contributed by atoms with Crippen LogP contribution in [0.1, 0.15) is 12.5 Å². The second-order valence-corrected chi connectivity index (χ2v) is 5.06. The van der Waals surface area contributed by atoms with Gasteiger partial charge in [-0.15, -0.1) is 24.0 Å². The number of hydrogen-bond donors (Lipinski definition) is 1. The first-order valence-corrected chi connectivity index (χ1v) is 7.69. The number of rotatable bonds is 6. The maximum Gasteiger partial charge on any atom is 0.193 e. The van der Waals surface area contributed by atoms with Gasteiger partial charge in [0.1, 0.15) is 0 Å². The van der Waals surface area contributed by atoms with Gasteiger partial charge in [-0.2, -0.15) is 11.8 Å². The lowest BCUT2D eigenvalue weighted by Gasteiger charge is -2.22. The summed E-state index contributed by atoms with van der Waals surface area (Å²) in [5, 5.41) is 3.33. The fraction of sp³-hybridized carbons (Fsp3) is 0.500. The molecule has 0 unspecified atom stereocenters. The number of nitrogens with zero attached hydrogens (tertiary/aromatic N) is 2. The van der Waals surface area contributed by atoms with Crippen LogP contribution in [0.5, 0.6) is 0 Å². The van der Waals surface area contributed by atoms with Gasteiger partial charge in [0, 0.05) is 25.9 Å². The molecule has 0 radical (unpaired) electrons. The van der Waals surface area contributed by atoms with E-state index in [0.29, 0.717) is 0 Å². The Kier molecular flexibility index (Phi) is 11.1. The monoisotopic (exact) mass is 393 g/mol. The highest BCUT2D eigenvalue weighted by atomic mass is 127. The van der Waals surface area contributed by atoms with Gasteiger partial charge in [0.2, 0.25) is 0 Å². The first-order valence-electron chi connectivity index (χ1n) is 6.30. The number of hydrogen-bond acceptors (Lipinski definition) is 2. The van der Waals surface area contributed by atoms with Gasteiger partial charge < -0.3 is 10.2 Å². The van der Waals surface area contributed by atoms with Crippen LogP contribution in [0.15, 0.2) is 35.3 Å². The minimum Gasteiger partial charge on any atom is -0.357 e. The number of aliphatic imine (C=N–C) groups is 1. The molecule has 5 heteroatoms. The average molecular weight is 393 g/mol. The molecule has 0 saturated heterocycles. The van der Waals surface area contributed by atoms with Crippen molar-refractivity contribution in [2.45, 2.75) is 13.5 Å². The van der Waals surface area contributed by atoms with E-state index < -0.39 is 0 Å². The Morgan fingerprint density at radius 1 is 1.32 bits per heavy atom. The molecule has 0 aliphatic rings. The summed E-state index contributed by atoms with van der Waals surface area (Å²) in [6, 6.07) is 10.5. The van der Waals surface area contributed by atoms with E-state index in [1.165, 1.54) is 5.56 Å². The van der Waals surface area contributed by atoms with Crippen LogP contribution in [0.3, 0.4) is 0 Å². The van der Waals surface area contributed by atoms with Crippen LogP contribution in [0.2, 0.25) is 0 Å².